The van der Waals surface area contributed by atoms with Crippen molar-refractivity contribution < 1.29 is 30.7 Å². The largest absolute Gasteiger partial charge is 0.460 e. The van der Waals surface area contributed by atoms with Gasteiger partial charge in [0, 0.05) is 5.75 Å². The number of allylic oxidation sites excluding steroid dienone is 1. The second-order valence-electron chi connectivity index (χ2n) is 3.03. The lowest BCUT2D eigenvalue weighted by Gasteiger charge is -2.25. The van der Waals surface area contributed by atoms with Crippen molar-refractivity contribution in [3.05, 3.63) is 19.1 Å². The highest BCUT2D eigenvalue weighted by Crippen LogP contribution is 2.47. The average Bonchev–Trinajstić information content (AvgIpc) is 2.15. The molecule has 101 valence electrons. The van der Waals surface area contributed by atoms with Gasteiger partial charge in [0.1, 0.15) is 0 Å². The van der Waals surface area contributed by atoms with Crippen molar-refractivity contribution in [1.82, 2.24) is 0 Å². The predicted octanol–water partition coefficient (Wildman–Crippen LogP) is 4.33. The fraction of sp³-hybridized carbons (Fsp3) is 0.667. The fourth-order valence-electron chi connectivity index (χ4n) is 0.743. The summed E-state index contributed by atoms with van der Waals surface area (Å²) >= 11 is 1.10. The molecule has 0 aromatic carbocycles. The Labute approximate surface area is 98.3 Å². The van der Waals surface area contributed by atoms with Gasteiger partial charge >= 0.3 is 18.0 Å². The van der Waals surface area contributed by atoms with E-state index in [4.69, 9.17) is 0 Å². The minimum absolute atomic E-state index is 0.0704. The summed E-state index contributed by atoms with van der Waals surface area (Å²) in [5.74, 6) is -10.9. The standard InChI is InChI=1S/C9H10F7S/c1-2-5-17-6-3-4-7(10,11)8(12,13)9(14,15)16/h3-4H,1-2,5-6H2. The Morgan fingerprint density at radius 1 is 1.00 bits per heavy atom. The third kappa shape index (κ3) is 4.40. The Balaban J connectivity index is 4.56. The molecular formula is C9H10F7S. The maximum Gasteiger partial charge on any atom is 0.460 e. The summed E-state index contributed by atoms with van der Waals surface area (Å²) in [6.45, 7) is 3.44. The topological polar surface area (TPSA) is 0 Å². The van der Waals surface area contributed by atoms with E-state index in [2.05, 4.69) is 6.92 Å². The Kier molecular flexibility index (Phi) is 5.83. The van der Waals surface area contributed by atoms with Crippen molar-refractivity contribution in [2.45, 2.75) is 24.4 Å². The van der Waals surface area contributed by atoms with Gasteiger partial charge in [-0.15, -0.1) is 0 Å². The molecule has 0 saturated carbocycles. The first-order valence-corrected chi connectivity index (χ1v) is 5.59. The van der Waals surface area contributed by atoms with Crippen LogP contribution in [0, 0.1) is 6.92 Å². The van der Waals surface area contributed by atoms with E-state index in [-0.39, 0.29) is 5.75 Å². The lowest BCUT2D eigenvalue weighted by atomic mass is 10.1. The van der Waals surface area contributed by atoms with Crippen molar-refractivity contribution in [3.8, 4) is 0 Å². The summed E-state index contributed by atoms with van der Waals surface area (Å²) in [5.41, 5.74) is 0. The highest BCUT2D eigenvalue weighted by Gasteiger charge is 2.71. The minimum Gasteiger partial charge on any atom is -0.195 e. The first kappa shape index (κ1) is 16.6. The molecule has 0 saturated heterocycles. The monoisotopic (exact) mass is 283 g/mol. The van der Waals surface area contributed by atoms with Crippen LogP contribution in [0.15, 0.2) is 12.2 Å². The first-order valence-electron chi connectivity index (χ1n) is 4.43. The number of rotatable bonds is 6. The Morgan fingerprint density at radius 3 is 1.94 bits per heavy atom. The van der Waals surface area contributed by atoms with E-state index < -0.39 is 24.1 Å². The quantitative estimate of drug-likeness (QED) is 0.397. The van der Waals surface area contributed by atoms with E-state index in [1.807, 2.05) is 0 Å². The summed E-state index contributed by atoms with van der Waals surface area (Å²) < 4.78 is 85.0. The van der Waals surface area contributed by atoms with Crippen molar-refractivity contribution >= 4 is 11.8 Å². The second kappa shape index (κ2) is 5.97. The normalized spacial score (nSPS) is 14.6. The maximum atomic E-state index is 12.6. The molecule has 17 heavy (non-hydrogen) atoms. The molecule has 8 heteroatoms. The molecule has 0 aliphatic carbocycles. The van der Waals surface area contributed by atoms with Crippen LogP contribution in [-0.2, 0) is 0 Å². The van der Waals surface area contributed by atoms with Crippen LogP contribution in [-0.4, -0.2) is 29.5 Å². The Hall–Kier alpha value is -0.400. The molecule has 0 bridgehead atoms. The Bertz CT molecular complexity index is 257. The molecule has 0 fully saturated rings. The first-order chi connectivity index (χ1) is 7.56. The number of alkyl halides is 7. The van der Waals surface area contributed by atoms with E-state index in [0.29, 0.717) is 18.2 Å². The van der Waals surface area contributed by atoms with Gasteiger partial charge in [0.2, 0.25) is 0 Å². The molecule has 0 atom stereocenters. The number of hydrogen-bond acceptors (Lipinski definition) is 1. The van der Waals surface area contributed by atoms with Crippen LogP contribution in [0.2, 0.25) is 0 Å². The van der Waals surface area contributed by atoms with Crippen molar-refractivity contribution in [3.63, 3.8) is 0 Å². The van der Waals surface area contributed by atoms with Crippen molar-refractivity contribution in [1.29, 1.82) is 0 Å². The third-order valence-electron chi connectivity index (χ3n) is 1.60. The van der Waals surface area contributed by atoms with E-state index >= 15 is 0 Å². The molecule has 0 amide bonds. The highest BCUT2D eigenvalue weighted by molar-refractivity contribution is 7.99. The molecule has 1 radical (unpaired) electrons. The SMILES string of the molecule is [CH2]CCSCC=CC(F)(F)C(F)(F)C(F)(F)F. The van der Waals surface area contributed by atoms with Crippen LogP contribution in [0.3, 0.4) is 0 Å². The maximum absolute atomic E-state index is 12.6. The van der Waals surface area contributed by atoms with Gasteiger partial charge in [-0.1, -0.05) is 13.0 Å². The summed E-state index contributed by atoms with van der Waals surface area (Å²) in [6.07, 6.45) is -5.58. The molecular weight excluding hydrogens is 273 g/mol. The smallest absolute Gasteiger partial charge is 0.195 e. The predicted molar refractivity (Wildman–Crippen MR) is 52.4 cm³/mol. The molecule has 0 spiro atoms. The number of thioether (sulfide) groups is 1. The van der Waals surface area contributed by atoms with Crippen LogP contribution < -0.4 is 0 Å². The average molecular weight is 283 g/mol. The lowest BCUT2D eigenvalue weighted by Crippen LogP contribution is -2.50. The summed E-state index contributed by atoms with van der Waals surface area (Å²) in [6, 6.07) is 0. The summed E-state index contributed by atoms with van der Waals surface area (Å²) in [5, 5.41) is 0. The van der Waals surface area contributed by atoms with E-state index in [0.717, 1.165) is 11.8 Å². The molecule has 0 aliphatic rings. The van der Waals surface area contributed by atoms with Gasteiger partial charge in [-0.05, 0) is 18.2 Å². The molecule has 0 rings (SSSR count). The van der Waals surface area contributed by atoms with Crippen LogP contribution in [0.4, 0.5) is 30.7 Å². The zero-order chi connectivity index (χ0) is 13.7. The van der Waals surface area contributed by atoms with Gasteiger partial charge in [0.25, 0.3) is 0 Å². The highest BCUT2D eigenvalue weighted by atomic mass is 32.2. The molecule has 0 aliphatic heterocycles. The molecule has 0 N–H and O–H groups in total. The third-order valence-corrected chi connectivity index (χ3v) is 2.61. The van der Waals surface area contributed by atoms with Gasteiger partial charge in [0.15, 0.2) is 0 Å². The van der Waals surface area contributed by atoms with E-state index in [1.54, 1.807) is 0 Å². The molecule has 0 unspecified atom stereocenters. The van der Waals surface area contributed by atoms with Gasteiger partial charge in [0.05, 0.1) is 0 Å². The van der Waals surface area contributed by atoms with Gasteiger partial charge in [-0.3, -0.25) is 0 Å². The van der Waals surface area contributed by atoms with E-state index in [9.17, 15) is 30.7 Å². The van der Waals surface area contributed by atoms with Gasteiger partial charge in [-0.25, -0.2) is 0 Å². The van der Waals surface area contributed by atoms with E-state index in [1.165, 1.54) is 0 Å². The zero-order valence-corrected chi connectivity index (χ0v) is 9.35. The number of hydrogen-bond donors (Lipinski definition) is 0. The summed E-state index contributed by atoms with van der Waals surface area (Å²) in [4.78, 5) is 0. The molecule has 0 aromatic rings. The lowest BCUT2D eigenvalue weighted by molar-refractivity contribution is -0.341. The van der Waals surface area contributed by atoms with Gasteiger partial charge < -0.3 is 0 Å². The molecule has 0 nitrogen and oxygen atoms in total. The van der Waals surface area contributed by atoms with Crippen molar-refractivity contribution in [2.75, 3.05) is 11.5 Å². The van der Waals surface area contributed by atoms with Crippen LogP contribution in [0.25, 0.3) is 0 Å². The molecule has 0 aromatic heterocycles. The Morgan fingerprint density at radius 2 is 1.53 bits per heavy atom. The van der Waals surface area contributed by atoms with Gasteiger partial charge in [-0.2, -0.15) is 42.5 Å². The van der Waals surface area contributed by atoms with Crippen LogP contribution in [0.5, 0.6) is 0 Å². The molecule has 0 heterocycles. The number of halogens is 7. The van der Waals surface area contributed by atoms with Crippen molar-refractivity contribution in [2.24, 2.45) is 0 Å². The van der Waals surface area contributed by atoms with Crippen LogP contribution >= 0.6 is 11.8 Å². The summed E-state index contributed by atoms with van der Waals surface area (Å²) in [7, 11) is 0. The minimum atomic E-state index is -6.28. The second-order valence-corrected chi connectivity index (χ2v) is 4.18. The fourth-order valence-corrected chi connectivity index (χ4v) is 1.35. The van der Waals surface area contributed by atoms with Crippen LogP contribution in [0.1, 0.15) is 6.42 Å². The zero-order valence-electron chi connectivity index (χ0n) is 8.54.